The SMILES string of the molecule is C=CC[N+](CC=C)(CC=C)Cc1ccccc1C(F)(F)F. The van der Waals surface area contributed by atoms with Crippen LogP contribution in [0.5, 0.6) is 0 Å². The molecule has 0 spiro atoms. The van der Waals surface area contributed by atoms with Gasteiger partial charge >= 0.3 is 6.18 Å². The van der Waals surface area contributed by atoms with Gasteiger partial charge in [-0.05, 0) is 24.3 Å². The van der Waals surface area contributed by atoms with Crippen LogP contribution in [0.2, 0.25) is 0 Å². The third kappa shape index (κ3) is 4.60. The second-order valence-corrected chi connectivity index (χ2v) is 5.07. The standard InChI is InChI=1S/C17H21F3N/c1-4-11-21(12-5-2,13-6-3)14-15-9-7-8-10-16(15)17(18,19)20/h4-10H,1-3,11-14H2/q+1. The smallest absolute Gasteiger partial charge is 0.310 e. The lowest BCUT2D eigenvalue weighted by molar-refractivity contribution is -0.925. The van der Waals surface area contributed by atoms with Crippen LogP contribution in [0.25, 0.3) is 0 Å². The molecule has 0 heterocycles. The van der Waals surface area contributed by atoms with Crippen LogP contribution in [-0.4, -0.2) is 24.1 Å². The van der Waals surface area contributed by atoms with E-state index in [9.17, 15) is 13.2 Å². The summed E-state index contributed by atoms with van der Waals surface area (Å²) in [5, 5.41) is 0. The Balaban J connectivity index is 3.22. The molecule has 1 rings (SSSR count). The largest absolute Gasteiger partial charge is 0.416 e. The molecule has 0 aliphatic carbocycles. The Morgan fingerprint density at radius 3 is 1.81 bits per heavy atom. The summed E-state index contributed by atoms with van der Waals surface area (Å²) in [7, 11) is 0. The predicted molar refractivity (Wildman–Crippen MR) is 80.6 cm³/mol. The minimum atomic E-state index is -4.34. The van der Waals surface area contributed by atoms with Crippen molar-refractivity contribution < 1.29 is 17.7 Å². The van der Waals surface area contributed by atoms with Crippen molar-refractivity contribution in [1.29, 1.82) is 0 Å². The summed E-state index contributed by atoms with van der Waals surface area (Å²) < 4.78 is 39.7. The number of nitrogens with zero attached hydrogens (tertiary/aromatic N) is 1. The Bertz CT molecular complexity index is 476. The van der Waals surface area contributed by atoms with Gasteiger partial charge in [0.1, 0.15) is 6.54 Å². The van der Waals surface area contributed by atoms with Crippen molar-refractivity contribution in [1.82, 2.24) is 0 Å². The minimum absolute atomic E-state index is 0.264. The van der Waals surface area contributed by atoms with Crippen molar-refractivity contribution in [3.8, 4) is 0 Å². The molecule has 0 unspecified atom stereocenters. The molecule has 0 bridgehead atoms. The molecule has 0 aliphatic rings. The van der Waals surface area contributed by atoms with E-state index in [4.69, 9.17) is 0 Å². The van der Waals surface area contributed by atoms with Gasteiger partial charge in [-0.3, -0.25) is 0 Å². The molecule has 1 aromatic carbocycles. The summed E-state index contributed by atoms with van der Waals surface area (Å²) in [5.41, 5.74) is -0.291. The molecule has 0 amide bonds. The van der Waals surface area contributed by atoms with E-state index in [1.54, 1.807) is 24.3 Å². The van der Waals surface area contributed by atoms with Gasteiger partial charge in [-0.1, -0.05) is 37.9 Å². The highest BCUT2D eigenvalue weighted by atomic mass is 19.4. The van der Waals surface area contributed by atoms with Gasteiger partial charge in [0.25, 0.3) is 0 Å². The van der Waals surface area contributed by atoms with Gasteiger partial charge in [-0.25, -0.2) is 0 Å². The third-order valence-corrected chi connectivity index (χ3v) is 3.38. The van der Waals surface area contributed by atoms with Crippen LogP contribution in [0.4, 0.5) is 13.2 Å². The molecule has 0 fully saturated rings. The number of alkyl halides is 3. The zero-order chi connectivity index (χ0) is 15.9. The highest BCUT2D eigenvalue weighted by Crippen LogP contribution is 2.33. The van der Waals surface area contributed by atoms with Gasteiger partial charge in [0.2, 0.25) is 0 Å². The van der Waals surface area contributed by atoms with Gasteiger partial charge < -0.3 is 4.48 Å². The van der Waals surface area contributed by atoms with Gasteiger partial charge in [0.15, 0.2) is 0 Å². The number of benzene rings is 1. The molecule has 1 nitrogen and oxygen atoms in total. The summed E-state index contributed by atoms with van der Waals surface area (Å²) in [6.07, 6.45) is 0.832. The van der Waals surface area contributed by atoms with Crippen LogP contribution in [0, 0.1) is 0 Å². The molecule has 0 saturated carbocycles. The fraction of sp³-hybridized carbons (Fsp3) is 0.294. The van der Waals surface area contributed by atoms with Crippen molar-refractivity contribution in [2.45, 2.75) is 12.7 Å². The van der Waals surface area contributed by atoms with E-state index in [2.05, 4.69) is 19.7 Å². The topological polar surface area (TPSA) is 0 Å². The van der Waals surface area contributed by atoms with Gasteiger partial charge in [-0.2, -0.15) is 13.2 Å². The fourth-order valence-electron chi connectivity index (χ4n) is 2.53. The van der Waals surface area contributed by atoms with Gasteiger partial charge in [-0.15, -0.1) is 0 Å². The van der Waals surface area contributed by atoms with Crippen LogP contribution in [0.1, 0.15) is 11.1 Å². The maximum Gasteiger partial charge on any atom is 0.416 e. The van der Waals surface area contributed by atoms with Crippen LogP contribution in [0.3, 0.4) is 0 Å². The Hall–Kier alpha value is -1.81. The van der Waals surface area contributed by atoms with E-state index in [1.165, 1.54) is 12.1 Å². The van der Waals surface area contributed by atoms with Crippen molar-refractivity contribution in [3.63, 3.8) is 0 Å². The van der Waals surface area contributed by atoms with E-state index in [1.807, 2.05) is 0 Å². The molecule has 21 heavy (non-hydrogen) atoms. The summed E-state index contributed by atoms with van der Waals surface area (Å²) in [6, 6.07) is 5.70. The second kappa shape index (κ2) is 7.27. The van der Waals surface area contributed by atoms with Crippen molar-refractivity contribution in [3.05, 3.63) is 73.4 Å². The molecule has 0 aromatic heterocycles. The molecule has 1 aromatic rings. The summed E-state index contributed by atoms with van der Waals surface area (Å²) in [4.78, 5) is 0. The Morgan fingerprint density at radius 2 is 1.38 bits per heavy atom. The molecule has 4 heteroatoms. The third-order valence-electron chi connectivity index (χ3n) is 3.38. The van der Waals surface area contributed by atoms with E-state index in [0.29, 0.717) is 24.1 Å². The lowest BCUT2D eigenvalue weighted by Gasteiger charge is -2.36. The highest BCUT2D eigenvalue weighted by molar-refractivity contribution is 5.29. The lowest BCUT2D eigenvalue weighted by atomic mass is 10.0. The van der Waals surface area contributed by atoms with Crippen LogP contribution >= 0.6 is 0 Å². The molecule has 0 radical (unpaired) electrons. The second-order valence-electron chi connectivity index (χ2n) is 5.07. The van der Waals surface area contributed by atoms with Crippen molar-refractivity contribution >= 4 is 0 Å². The molecule has 0 aliphatic heterocycles. The first-order valence-electron chi connectivity index (χ1n) is 6.71. The minimum Gasteiger partial charge on any atom is -0.310 e. The number of halogens is 3. The molecular formula is C17H21F3N+. The number of rotatable bonds is 8. The zero-order valence-corrected chi connectivity index (χ0v) is 12.1. The number of hydrogen-bond donors (Lipinski definition) is 0. The summed E-state index contributed by atoms with van der Waals surface area (Å²) >= 11 is 0. The van der Waals surface area contributed by atoms with Crippen LogP contribution in [0.15, 0.2) is 62.2 Å². The molecule has 0 atom stereocenters. The molecule has 0 N–H and O–H groups in total. The first-order chi connectivity index (χ1) is 9.88. The first-order valence-corrected chi connectivity index (χ1v) is 6.71. The van der Waals surface area contributed by atoms with Crippen LogP contribution < -0.4 is 0 Å². The van der Waals surface area contributed by atoms with Gasteiger partial charge in [0, 0.05) is 5.56 Å². The highest BCUT2D eigenvalue weighted by Gasteiger charge is 2.35. The van der Waals surface area contributed by atoms with Crippen LogP contribution in [-0.2, 0) is 12.7 Å². The van der Waals surface area contributed by atoms with E-state index < -0.39 is 11.7 Å². The predicted octanol–water partition coefficient (Wildman–Crippen LogP) is 4.58. The average molecular weight is 296 g/mol. The summed E-state index contributed by atoms with van der Waals surface area (Å²) in [6.45, 7) is 13.1. The van der Waals surface area contributed by atoms with Crippen molar-refractivity contribution in [2.75, 3.05) is 19.6 Å². The lowest BCUT2D eigenvalue weighted by Crippen LogP contribution is -2.48. The Morgan fingerprint density at radius 1 is 0.905 bits per heavy atom. The first kappa shape index (κ1) is 17.2. The Labute approximate surface area is 124 Å². The van der Waals surface area contributed by atoms with E-state index in [0.717, 1.165) is 6.07 Å². The average Bonchev–Trinajstić information content (AvgIpc) is 2.39. The molecular weight excluding hydrogens is 275 g/mol. The normalized spacial score (nSPS) is 12.0. The van der Waals surface area contributed by atoms with E-state index in [-0.39, 0.29) is 12.1 Å². The quantitative estimate of drug-likeness (QED) is 0.486. The summed E-state index contributed by atoms with van der Waals surface area (Å²) in [5.74, 6) is 0. The van der Waals surface area contributed by atoms with E-state index >= 15 is 0 Å². The zero-order valence-electron chi connectivity index (χ0n) is 12.1. The molecule has 114 valence electrons. The maximum atomic E-state index is 13.1. The number of quaternary nitrogens is 1. The Kier molecular flexibility index (Phi) is 5.97. The fourth-order valence-corrected chi connectivity index (χ4v) is 2.53. The maximum absolute atomic E-state index is 13.1. The monoisotopic (exact) mass is 296 g/mol. The van der Waals surface area contributed by atoms with Gasteiger partial charge in [0.05, 0.1) is 25.2 Å². The molecule has 0 saturated heterocycles. The number of hydrogen-bond acceptors (Lipinski definition) is 0. The van der Waals surface area contributed by atoms with Crippen molar-refractivity contribution in [2.24, 2.45) is 0 Å².